The van der Waals surface area contributed by atoms with Gasteiger partial charge in [0.1, 0.15) is 5.82 Å². The van der Waals surface area contributed by atoms with E-state index >= 15 is 0 Å². The Bertz CT molecular complexity index is 582. The van der Waals surface area contributed by atoms with E-state index in [1.807, 2.05) is 35.6 Å². The zero-order valence-electron chi connectivity index (χ0n) is 9.31. The summed E-state index contributed by atoms with van der Waals surface area (Å²) in [5.41, 5.74) is 3.18. The van der Waals surface area contributed by atoms with Gasteiger partial charge in [0.15, 0.2) is 0 Å². The van der Waals surface area contributed by atoms with E-state index in [1.165, 1.54) is 0 Å². The topological polar surface area (TPSA) is 34.0 Å². The summed E-state index contributed by atoms with van der Waals surface area (Å²) in [6, 6.07) is 8.16. The van der Waals surface area contributed by atoms with Crippen molar-refractivity contribution >= 4 is 11.6 Å². The van der Waals surface area contributed by atoms with E-state index in [0.717, 1.165) is 28.7 Å². The summed E-state index contributed by atoms with van der Waals surface area (Å²) in [5.74, 6) is 1.71. The van der Waals surface area contributed by atoms with Crippen molar-refractivity contribution < 1.29 is 0 Å². The van der Waals surface area contributed by atoms with Gasteiger partial charge in [0.2, 0.25) is 5.95 Å². The SMILES string of the molecule is C=C1c2ccccc2-n2c(C)nnc2N1C. The van der Waals surface area contributed by atoms with Crippen LogP contribution in [-0.2, 0) is 0 Å². The van der Waals surface area contributed by atoms with Crippen molar-refractivity contribution in [2.75, 3.05) is 11.9 Å². The van der Waals surface area contributed by atoms with Crippen molar-refractivity contribution in [1.29, 1.82) is 0 Å². The van der Waals surface area contributed by atoms with Crippen molar-refractivity contribution in [3.8, 4) is 5.69 Å². The predicted octanol–water partition coefficient (Wildman–Crippen LogP) is 2.00. The highest BCUT2D eigenvalue weighted by Gasteiger charge is 2.25. The highest BCUT2D eigenvalue weighted by Crippen LogP contribution is 2.34. The molecule has 1 aromatic heterocycles. The lowest BCUT2D eigenvalue weighted by Crippen LogP contribution is -2.24. The molecule has 0 spiro atoms. The number of benzene rings is 1. The second kappa shape index (κ2) is 2.95. The average molecular weight is 212 g/mol. The van der Waals surface area contributed by atoms with Crippen LogP contribution in [0.4, 0.5) is 5.95 Å². The van der Waals surface area contributed by atoms with Crippen LogP contribution in [0, 0.1) is 6.92 Å². The summed E-state index contributed by atoms with van der Waals surface area (Å²) in [4.78, 5) is 1.96. The van der Waals surface area contributed by atoms with Gasteiger partial charge in [-0.15, -0.1) is 10.2 Å². The Morgan fingerprint density at radius 2 is 1.94 bits per heavy atom. The molecule has 16 heavy (non-hydrogen) atoms. The molecule has 0 atom stereocenters. The Kier molecular flexibility index (Phi) is 1.68. The van der Waals surface area contributed by atoms with E-state index in [2.05, 4.69) is 28.9 Å². The monoisotopic (exact) mass is 212 g/mol. The van der Waals surface area contributed by atoms with Crippen LogP contribution in [0.2, 0.25) is 0 Å². The van der Waals surface area contributed by atoms with Crippen LogP contribution in [0.25, 0.3) is 11.4 Å². The maximum absolute atomic E-state index is 4.16. The summed E-state index contributed by atoms with van der Waals surface area (Å²) in [6.45, 7) is 6.04. The molecule has 2 heterocycles. The number of fused-ring (bicyclic) bond motifs is 3. The molecule has 4 heteroatoms. The molecule has 0 bridgehead atoms. The van der Waals surface area contributed by atoms with Gasteiger partial charge in [0.05, 0.1) is 5.69 Å². The van der Waals surface area contributed by atoms with Gasteiger partial charge < -0.3 is 4.90 Å². The molecule has 3 rings (SSSR count). The zero-order chi connectivity index (χ0) is 11.3. The molecule has 0 radical (unpaired) electrons. The first kappa shape index (κ1) is 9.15. The lowest BCUT2D eigenvalue weighted by molar-refractivity contribution is 0.927. The number of hydrogen-bond acceptors (Lipinski definition) is 3. The molecule has 0 saturated carbocycles. The minimum absolute atomic E-state index is 0.821. The fraction of sp³-hybridized carbons (Fsp3) is 0.167. The number of para-hydroxylation sites is 1. The van der Waals surface area contributed by atoms with Crippen molar-refractivity contribution in [3.63, 3.8) is 0 Å². The summed E-state index contributed by atoms with van der Waals surface area (Å²) in [7, 11) is 1.96. The number of aromatic nitrogens is 3. The minimum Gasteiger partial charge on any atom is -0.313 e. The highest BCUT2D eigenvalue weighted by atomic mass is 15.4. The van der Waals surface area contributed by atoms with Crippen LogP contribution in [0.15, 0.2) is 30.8 Å². The summed E-state index contributed by atoms with van der Waals surface area (Å²) >= 11 is 0. The second-order valence-electron chi connectivity index (χ2n) is 3.91. The molecular formula is C12H12N4. The van der Waals surface area contributed by atoms with E-state index in [4.69, 9.17) is 0 Å². The summed E-state index contributed by atoms with van der Waals surface area (Å²) in [6.07, 6.45) is 0. The van der Waals surface area contributed by atoms with Crippen LogP contribution in [0.1, 0.15) is 11.4 Å². The fourth-order valence-corrected chi connectivity index (χ4v) is 2.06. The van der Waals surface area contributed by atoms with E-state index in [0.29, 0.717) is 0 Å². The third kappa shape index (κ3) is 0.984. The number of anilines is 1. The Labute approximate surface area is 93.8 Å². The first-order valence-electron chi connectivity index (χ1n) is 5.14. The zero-order valence-corrected chi connectivity index (χ0v) is 9.31. The standard InChI is InChI=1S/C12H12N4/c1-8-10-6-4-5-7-11(10)16-9(2)13-14-12(16)15(8)3/h4-7H,1H2,2-3H3. The van der Waals surface area contributed by atoms with Crippen molar-refractivity contribution in [2.45, 2.75) is 6.92 Å². The fourth-order valence-electron chi connectivity index (χ4n) is 2.06. The van der Waals surface area contributed by atoms with Gasteiger partial charge in [-0.3, -0.25) is 4.57 Å². The van der Waals surface area contributed by atoms with E-state index in [1.54, 1.807) is 0 Å². The van der Waals surface area contributed by atoms with Gasteiger partial charge in [-0.25, -0.2) is 0 Å². The number of hydrogen-bond donors (Lipinski definition) is 0. The Hall–Kier alpha value is -2.10. The molecule has 0 saturated heterocycles. The van der Waals surface area contributed by atoms with E-state index in [-0.39, 0.29) is 0 Å². The Morgan fingerprint density at radius 3 is 2.75 bits per heavy atom. The lowest BCUT2D eigenvalue weighted by atomic mass is 10.1. The number of rotatable bonds is 0. The number of nitrogens with zero attached hydrogens (tertiary/aromatic N) is 4. The van der Waals surface area contributed by atoms with Gasteiger partial charge >= 0.3 is 0 Å². The normalized spacial score (nSPS) is 13.6. The van der Waals surface area contributed by atoms with Gasteiger partial charge in [-0.2, -0.15) is 0 Å². The highest BCUT2D eigenvalue weighted by molar-refractivity contribution is 5.83. The maximum atomic E-state index is 4.16. The minimum atomic E-state index is 0.821. The molecule has 0 amide bonds. The summed E-state index contributed by atoms with van der Waals surface area (Å²) < 4.78 is 2.05. The van der Waals surface area contributed by atoms with Crippen molar-refractivity contribution in [3.05, 3.63) is 42.2 Å². The molecule has 1 aliphatic rings. The van der Waals surface area contributed by atoms with Crippen molar-refractivity contribution in [1.82, 2.24) is 14.8 Å². The summed E-state index contributed by atoms with van der Waals surface area (Å²) in [5, 5.41) is 8.28. The molecule has 0 N–H and O–H groups in total. The van der Waals surface area contributed by atoms with Crippen LogP contribution < -0.4 is 4.90 Å². The van der Waals surface area contributed by atoms with Gasteiger partial charge in [-0.05, 0) is 13.0 Å². The Morgan fingerprint density at radius 1 is 1.19 bits per heavy atom. The van der Waals surface area contributed by atoms with Crippen LogP contribution in [0.3, 0.4) is 0 Å². The smallest absolute Gasteiger partial charge is 0.236 e. The molecular weight excluding hydrogens is 200 g/mol. The van der Waals surface area contributed by atoms with Crippen LogP contribution >= 0.6 is 0 Å². The van der Waals surface area contributed by atoms with E-state index in [9.17, 15) is 0 Å². The average Bonchev–Trinajstić information content (AvgIpc) is 2.69. The molecule has 0 fully saturated rings. The lowest BCUT2D eigenvalue weighted by Gasteiger charge is -2.28. The second-order valence-corrected chi connectivity index (χ2v) is 3.91. The van der Waals surface area contributed by atoms with Gasteiger partial charge in [0.25, 0.3) is 0 Å². The predicted molar refractivity (Wildman–Crippen MR) is 63.5 cm³/mol. The molecule has 2 aromatic rings. The molecule has 80 valence electrons. The van der Waals surface area contributed by atoms with Gasteiger partial charge in [0, 0.05) is 18.3 Å². The number of aryl methyl sites for hydroxylation is 1. The van der Waals surface area contributed by atoms with Crippen LogP contribution in [-0.4, -0.2) is 21.8 Å². The first-order chi connectivity index (χ1) is 7.70. The maximum Gasteiger partial charge on any atom is 0.236 e. The molecule has 4 nitrogen and oxygen atoms in total. The largest absolute Gasteiger partial charge is 0.313 e. The molecule has 0 unspecified atom stereocenters. The molecule has 1 aromatic carbocycles. The molecule has 0 aliphatic carbocycles. The third-order valence-corrected chi connectivity index (χ3v) is 2.97. The van der Waals surface area contributed by atoms with E-state index < -0.39 is 0 Å². The quantitative estimate of drug-likeness (QED) is 0.669. The van der Waals surface area contributed by atoms with Crippen LogP contribution in [0.5, 0.6) is 0 Å². The third-order valence-electron chi connectivity index (χ3n) is 2.97. The first-order valence-corrected chi connectivity index (χ1v) is 5.14. The van der Waals surface area contributed by atoms with Gasteiger partial charge in [-0.1, -0.05) is 24.8 Å². The molecule has 1 aliphatic heterocycles. The Balaban J connectivity index is 2.39. The van der Waals surface area contributed by atoms with Crippen molar-refractivity contribution in [2.24, 2.45) is 0 Å².